The number of nitrogens with one attached hydrogen (secondary N) is 1. The van der Waals surface area contributed by atoms with Gasteiger partial charge in [-0.15, -0.1) is 0 Å². The molecule has 0 saturated carbocycles. The van der Waals surface area contributed by atoms with Crippen molar-refractivity contribution in [3.05, 3.63) is 0 Å². The summed E-state index contributed by atoms with van der Waals surface area (Å²) >= 11 is 0. The number of hydrogen-bond donors (Lipinski definition) is 1. The smallest absolute Gasteiger partial charge is 0.0320 e. The first-order valence-corrected chi connectivity index (χ1v) is 6.74. The number of rotatable bonds is 0. The standard InChI is InChI=1S/C9H18N2.2C2H6/c1-11-7-5-9(8-11)4-2-3-6-10-9;2*1-2/h10H,2-8H2,1H3;2*1-2H3. The number of likely N-dealkylation sites (N-methyl/N-ethyl adjacent to an activating group) is 1. The van der Waals surface area contributed by atoms with Gasteiger partial charge >= 0.3 is 0 Å². The highest BCUT2D eigenvalue weighted by molar-refractivity contribution is 4.97. The van der Waals surface area contributed by atoms with E-state index in [0.29, 0.717) is 5.54 Å². The molecule has 2 aliphatic heterocycles. The Labute approximate surface area is 96.4 Å². The Hall–Kier alpha value is -0.0800. The molecule has 15 heavy (non-hydrogen) atoms. The van der Waals surface area contributed by atoms with Gasteiger partial charge in [0.2, 0.25) is 0 Å². The van der Waals surface area contributed by atoms with Crippen LogP contribution in [-0.2, 0) is 0 Å². The lowest BCUT2D eigenvalue weighted by atomic mass is 9.88. The fourth-order valence-corrected chi connectivity index (χ4v) is 2.46. The molecule has 0 aromatic carbocycles. The fourth-order valence-electron chi connectivity index (χ4n) is 2.46. The molecule has 0 aliphatic carbocycles. The van der Waals surface area contributed by atoms with Gasteiger partial charge in [-0.05, 0) is 39.4 Å². The van der Waals surface area contributed by atoms with E-state index >= 15 is 0 Å². The normalized spacial score (nSPS) is 30.2. The van der Waals surface area contributed by atoms with Crippen molar-refractivity contribution in [1.29, 1.82) is 0 Å². The van der Waals surface area contributed by atoms with Gasteiger partial charge in [-0.1, -0.05) is 34.1 Å². The van der Waals surface area contributed by atoms with Crippen LogP contribution in [0.25, 0.3) is 0 Å². The van der Waals surface area contributed by atoms with Crippen molar-refractivity contribution in [3.8, 4) is 0 Å². The zero-order valence-electron chi connectivity index (χ0n) is 11.4. The SMILES string of the molecule is CC.CC.CN1CCC2(CCCCN2)C1. The van der Waals surface area contributed by atoms with Crippen LogP contribution in [0.3, 0.4) is 0 Å². The molecule has 1 N–H and O–H groups in total. The Morgan fingerprint density at radius 3 is 2.07 bits per heavy atom. The quantitative estimate of drug-likeness (QED) is 0.667. The average Bonchev–Trinajstić information content (AvgIpc) is 2.66. The second kappa shape index (κ2) is 8.12. The first-order valence-electron chi connectivity index (χ1n) is 6.74. The molecule has 1 atom stereocenters. The van der Waals surface area contributed by atoms with E-state index in [1.54, 1.807) is 0 Å². The minimum atomic E-state index is 0.521. The highest BCUT2D eigenvalue weighted by Crippen LogP contribution is 2.28. The molecule has 2 rings (SSSR count). The van der Waals surface area contributed by atoms with E-state index in [2.05, 4.69) is 17.3 Å². The van der Waals surface area contributed by atoms with E-state index in [9.17, 15) is 0 Å². The van der Waals surface area contributed by atoms with Crippen molar-refractivity contribution < 1.29 is 0 Å². The molecule has 2 nitrogen and oxygen atoms in total. The molecule has 1 spiro atoms. The third-order valence-corrected chi connectivity index (χ3v) is 3.13. The fraction of sp³-hybridized carbons (Fsp3) is 1.00. The summed E-state index contributed by atoms with van der Waals surface area (Å²) in [6.07, 6.45) is 5.58. The van der Waals surface area contributed by atoms with Gasteiger partial charge in [-0.2, -0.15) is 0 Å². The van der Waals surface area contributed by atoms with Crippen LogP contribution in [0.4, 0.5) is 0 Å². The van der Waals surface area contributed by atoms with E-state index in [-0.39, 0.29) is 0 Å². The summed E-state index contributed by atoms with van der Waals surface area (Å²) in [5.41, 5.74) is 0.521. The first-order chi connectivity index (χ1) is 7.31. The van der Waals surface area contributed by atoms with Gasteiger partial charge in [-0.3, -0.25) is 0 Å². The lowest BCUT2D eigenvalue weighted by Crippen LogP contribution is -2.50. The van der Waals surface area contributed by atoms with Crippen LogP contribution in [0.5, 0.6) is 0 Å². The summed E-state index contributed by atoms with van der Waals surface area (Å²) in [5.74, 6) is 0. The molecule has 2 heterocycles. The van der Waals surface area contributed by atoms with Gasteiger partial charge in [0.15, 0.2) is 0 Å². The molecular weight excluding hydrogens is 184 g/mol. The Bertz CT molecular complexity index is 134. The van der Waals surface area contributed by atoms with Crippen molar-refractivity contribution in [3.63, 3.8) is 0 Å². The molecule has 2 fully saturated rings. The third kappa shape index (κ3) is 4.52. The van der Waals surface area contributed by atoms with Gasteiger partial charge in [0.1, 0.15) is 0 Å². The van der Waals surface area contributed by atoms with Crippen molar-refractivity contribution in [2.45, 2.75) is 58.9 Å². The van der Waals surface area contributed by atoms with Crippen LogP contribution in [-0.4, -0.2) is 37.1 Å². The zero-order chi connectivity index (χ0) is 11.7. The van der Waals surface area contributed by atoms with E-state index in [1.807, 2.05) is 27.7 Å². The lowest BCUT2D eigenvalue weighted by molar-refractivity contribution is 0.253. The molecule has 2 aliphatic rings. The predicted molar refractivity (Wildman–Crippen MR) is 69.4 cm³/mol. The van der Waals surface area contributed by atoms with Gasteiger partial charge < -0.3 is 10.2 Å². The highest BCUT2D eigenvalue weighted by Gasteiger charge is 2.36. The highest BCUT2D eigenvalue weighted by atomic mass is 15.2. The predicted octanol–water partition coefficient (Wildman–Crippen LogP) is 2.89. The minimum Gasteiger partial charge on any atom is -0.310 e. The molecule has 0 aromatic heterocycles. The van der Waals surface area contributed by atoms with Crippen LogP contribution in [0.15, 0.2) is 0 Å². The number of nitrogens with zero attached hydrogens (tertiary/aromatic N) is 1. The Morgan fingerprint density at radius 1 is 1.00 bits per heavy atom. The Morgan fingerprint density at radius 2 is 1.67 bits per heavy atom. The van der Waals surface area contributed by atoms with Crippen LogP contribution in [0.2, 0.25) is 0 Å². The van der Waals surface area contributed by atoms with Crippen molar-refractivity contribution in [1.82, 2.24) is 10.2 Å². The first kappa shape index (κ1) is 14.9. The number of piperidine rings is 1. The van der Waals surface area contributed by atoms with Crippen molar-refractivity contribution in [2.24, 2.45) is 0 Å². The summed E-state index contributed by atoms with van der Waals surface area (Å²) < 4.78 is 0. The lowest BCUT2D eigenvalue weighted by Gasteiger charge is -2.34. The summed E-state index contributed by atoms with van der Waals surface area (Å²) in [4.78, 5) is 2.44. The van der Waals surface area contributed by atoms with E-state index in [1.165, 1.54) is 45.3 Å². The zero-order valence-corrected chi connectivity index (χ0v) is 11.4. The molecule has 2 heteroatoms. The number of likely N-dealkylation sites (tertiary alicyclic amines) is 1. The van der Waals surface area contributed by atoms with Gasteiger partial charge in [-0.25, -0.2) is 0 Å². The summed E-state index contributed by atoms with van der Waals surface area (Å²) in [5, 5.41) is 3.68. The van der Waals surface area contributed by atoms with Crippen LogP contribution in [0.1, 0.15) is 53.4 Å². The summed E-state index contributed by atoms with van der Waals surface area (Å²) in [6.45, 7) is 11.8. The van der Waals surface area contributed by atoms with Crippen LogP contribution >= 0.6 is 0 Å². The minimum absolute atomic E-state index is 0.521. The molecule has 0 radical (unpaired) electrons. The summed E-state index contributed by atoms with van der Waals surface area (Å²) in [6, 6.07) is 0. The van der Waals surface area contributed by atoms with Gasteiger partial charge in [0, 0.05) is 12.1 Å². The van der Waals surface area contributed by atoms with Gasteiger partial charge in [0.25, 0.3) is 0 Å². The molecule has 0 amide bonds. The maximum atomic E-state index is 3.68. The van der Waals surface area contributed by atoms with Gasteiger partial charge in [0.05, 0.1) is 0 Å². The Kier molecular flexibility index (Phi) is 8.07. The van der Waals surface area contributed by atoms with E-state index in [0.717, 1.165) is 0 Å². The molecule has 92 valence electrons. The molecule has 2 saturated heterocycles. The maximum absolute atomic E-state index is 3.68. The molecule has 0 aromatic rings. The maximum Gasteiger partial charge on any atom is 0.0320 e. The number of hydrogen-bond acceptors (Lipinski definition) is 2. The Balaban J connectivity index is 0.000000442. The third-order valence-electron chi connectivity index (χ3n) is 3.13. The topological polar surface area (TPSA) is 15.3 Å². The van der Waals surface area contributed by atoms with Crippen LogP contribution in [0, 0.1) is 0 Å². The second-order valence-electron chi connectivity index (χ2n) is 4.15. The summed E-state index contributed by atoms with van der Waals surface area (Å²) in [7, 11) is 2.23. The molecule has 1 unspecified atom stereocenters. The average molecular weight is 214 g/mol. The molecular formula is C13H30N2. The second-order valence-corrected chi connectivity index (χ2v) is 4.15. The van der Waals surface area contributed by atoms with E-state index in [4.69, 9.17) is 0 Å². The largest absolute Gasteiger partial charge is 0.310 e. The monoisotopic (exact) mass is 214 g/mol. The molecule has 0 bridgehead atoms. The van der Waals surface area contributed by atoms with Crippen LogP contribution < -0.4 is 5.32 Å². The van der Waals surface area contributed by atoms with Crippen molar-refractivity contribution >= 4 is 0 Å². The van der Waals surface area contributed by atoms with E-state index < -0.39 is 0 Å². The van der Waals surface area contributed by atoms with Crippen molar-refractivity contribution in [2.75, 3.05) is 26.7 Å².